The van der Waals surface area contributed by atoms with E-state index in [9.17, 15) is 18.4 Å². The Morgan fingerprint density at radius 3 is 2.19 bits per heavy atom. The van der Waals surface area contributed by atoms with Gasteiger partial charge in [-0.2, -0.15) is 0 Å². The molecule has 2 amide bonds. The van der Waals surface area contributed by atoms with Crippen molar-refractivity contribution in [3.63, 3.8) is 0 Å². The van der Waals surface area contributed by atoms with Crippen LogP contribution in [0.15, 0.2) is 18.2 Å². The van der Waals surface area contributed by atoms with Crippen molar-refractivity contribution in [3.05, 3.63) is 29.8 Å². The molecule has 0 aliphatic carbocycles. The number of carbonyl (C=O) groups is 2. The molecule has 0 radical (unpaired) electrons. The lowest BCUT2D eigenvalue weighted by molar-refractivity contribution is -0.129. The fourth-order valence-electron chi connectivity index (χ4n) is 1.78. The van der Waals surface area contributed by atoms with Gasteiger partial charge in [0.15, 0.2) is 0 Å². The average molecular weight is 300 g/mol. The highest BCUT2D eigenvalue weighted by Crippen LogP contribution is 2.15. The predicted octanol–water partition coefficient (Wildman–Crippen LogP) is 2.75. The summed E-state index contributed by atoms with van der Waals surface area (Å²) in [5.74, 6) is -2.27. The fraction of sp³-hybridized carbons (Fsp3) is 0.429. The molecule has 0 unspecified atom stereocenters. The lowest BCUT2D eigenvalue weighted by Crippen LogP contribution is -2.17. The predicted molar refractivity (Wildman–Crippen MR) is 72.6 cm³/mol. The Balaban J connectivity index is 2.18. The number of benzene rings is 1. The molecule has 3 N–H and O–H groups in total. The number of amides is 2. The minimum atomic E-state index is -0.807. The molecule has 0 fully saturated rings. The molecule has 0 saturated carbocycles. The second kappa shape index (κ2) is 9.02. The van der Waals surface area contributed by atoms with Crippen LogP contribution in [0.1, 0.15) is 38.5 Å². The number of carbonyl (C=O) groups excluding carboxylic acids is 2. The van der Waals surface area contributed by atoms with Crippen LogP contribution in [0.5, 0.6) is 0 Å². The lowest BCUT2D eigenvalue weighted by atomic mass is 10.1. The van der Waals surface area contributed by atoms with Crippen LogP contribution in [-0.4, -0.2) is 17.0 Å². The van der Waals surface area contributed by atoms with Gasteiger partial charge in [0, 0.05) is 18.9 Å². The highest BCUT2D eigenvalue weighted by Gasteiger charge is 2.07. The number of nitrogens with one attached hydrogen (secondary N) is 2. The largest absolute Gasteiger partial charge is 0.324 e. The highest BCUT2D eigenvalue weighted by molar-refractivity contribution is 5.90. The maximum absolute atomic E-state index is 13.3. The summed E-state index contributed by atoms with van der Waals surface area (Å²) in [6, 6.07) is 2.96. The van der Waals surface area contributed by atoms with Gasteiger partial charge in [0.2, 0.25) is 11.8 Å². The summed E-state index contributed by atoms with van der Waals surface area (Å²) in [5.41, 5.74) is 1.50. The zero-order valence-corrected chi connectivity index (χ0v) is 11.5. The van der Waals surface area contributed by atoms with E-state index in [2.05, 4.69) is 5.32 Å². The van der Waals surface area contributed by atoms with Crippen LogP contribution in [-0.2, 0) is 9.59 Å². The molecule has 7 heteroatoms. The van der Waals surface area contributed by atoms with Crippen molar-refractivity contribution in [2.75, 3.05) is 5.32 Å². The second-order valence-corrected chi connectivity index (χ2v) is 4.62. The molecule has 1 aromatic rings. The van der Waals surface area contributed by atoms with Crippen LogP contribution >= 0.6 is 0 Å². The topological polar surface area (TPSA) is 78.4 Å². The first-order valence-electron chi connectivity index (χ1n) is 6.70. The van der Waals surface area contributed by atoms with Gasteiger partial charge in [0.1, 0.15) is 11.6 Å². The third-order valence-electron chi connectivity index (χ3n) is 2.89. The van der Waals surface area contributed by atoms with Gasteiger partial charge in [-0.3, -0.25) is 14.8 Å². The number of unbranched alkanes of at least 4 members (excludes halogenated alkanes) is 3. The third-order valence-corrected chi connectivity index (χ3v) is 2.89. The molecule has 21 heavy (non-hydrogen) atoms. The van der Waals surface area contributed by atoms with Crippen molar-refractivity contribution in [2.24, 2.45) is 0 Å². The SMILES string of the molecule is O=C(CCCCCCC(=O)Nc1ccc(F)cc1F)NO. The Morgan fingerprint density at radius 2 is 1.62 bits per heavy atom. The van der Waals surface area contributed by atoms with E-state index in [1.54, 1.807) is 5.48 Å². The maximum Gasteiger partial charge on any atom is 0.243 e. The van der Waals surface area contributed by atoms with Crippen molar-refractivity contribution in [1.82, 2.24) is 5.48 Å². The number of anilines is 1. The van der Waals surface area contributed by atoms with Crippen LogP contribution in [0.25, 0.3) is 0 Å². The van der Waals surface area contributed by atoms with E-state index in [4.69, 9.17) is 5.21 Å². The Morgan fingerprint density at radius 1 is 1.00 bits per heavy atom. The van der Waals surface area contributed by atoms with E-state index < -0.39 is 17.5 Å². The molecule has 116 valence electrons. The van der Waals surface area contributed by atoms with Gasteiger partial charge in [0.25, 0.3) is 0 Å². The van der Waals surface area contributed by atoms with Gasteiger partial charge in [-0.25, -0.2) is 14.3 Å². The summed E-state index contributed by atoms with van der Waals surface area (Å²) in [5, 5.41) is 10.7. The first-order chi connectivity index (χ1) is 10.0. The average Bonchev–Trinajstić information content (AvgIpc) is 2.45. The lowest BCUT2D eigenvalue weighted by Gasteiger charge is -2.06. The molecule has 0 bridgehead atoms. The first kappa shape index (κ1) is 17.0. The molecule has 0 aromatic heterocycles. The normalized spacial score (nSPS) is 10.2. The van der Waals surface area contributed by atoms with Crippen LogP contribution in [0.3, 0.4) is 0 Å². The number of hydrogen-bond acceptors (Lipinski definition) is 3. The fourth-order valence-corrected chi connectivity index (χ4v) is 1.78. The monoisotopic (exact) mass is 300 g/mol. The van der Waals surface area contributed by atoms with Gasteiger partial charge in [-0.15, -0.1) is 0 Å². The van der Waals surface area contributed by atoms with E-state index in [-0.39, 0.29) is 24.4 Å². The number of rotatable bonds is 8. The summed E-state index contributed by atoms with van der Waals surface area (Å²) in [6.45, 7) is 0. The Labute approximate surface area is 121 Å². The van der Waals surface area contributed by atoms with Crippen LogP contribution in [0.4, 0.5) is 14.5 Å². The summed E-state index contributed by atoms with van der Waals surface area (Å²) in [6.07, 6.45) is 3.20. The van der Waals surface area contributed by atoms with E-state index >= 15 is 0 Å². The first-order valence-corrected chi connectivity index (χ1v) is 6.70. The second-order valence-electron chi connectivity index (χ2n) is 4.62. The standard InChI is InChI=1S/C14H18F2N2O3/c15-10-7-8-12(11(16)9-10)17-13(19)5-3-1-2-4-6-14(20)18-21/h7-9,21H,1-6H2,(H,17,19)(H,18,20). The quantitative estimate of drug-likeness (QED) is 0.392. The maximum atomic E-state index is 13.3. The summed E-state index contributed by atoms with van der Waals surface area (Å²) in [7, 11) is 0. The molecule has 0 heterocycles. The molecular formula is C14H18F2N2O3. The van der Waals surface area contributed by atoms with Gasteiger partial charge >= 0.3 is 0 Å². The van der Waals surface area contributed by atoms with Gasteiger partial charge in [-0.1, -0.05) is 12.8 Å². The van der Waals surface area contributed by atoms with Crippen LogP contribution < -0.4 is 10.8 Å². The zero-order chi connectivity index (χ0) is 15.7. The summed E-state index contributed by atoms with van der Waals surface area (Å²) in [4.78, 5) is 22.3. The third kappa shape index (κ3) is 6.80. The van der Waals surface area contributed by atoms with Crippen molar-refractivity contribution in [3.8, 4) is 0 Å². The summed E-state index contributed by atoms with van der Waals surface area (Å²) >= 11 is 0. The van der Waals surface area contributed by atoms with E-state index in [0.717, 1.165) is 18.9 Å². The molecule has 0 saturated heterocycles. The Bertz CT molecular complexity index is 495. The van der Waals surface area contributed by atoms with Gasteiger partial charge < -0.3 is 5.32 Å². The van der Waals surface area contributed by atoms with Crippen LogP contribution in [0, 0.1) is 11.6 Å². The van der Waals surface area contributed by atoms with Crippen LogP contribution in [0.2, 0.25) is 0 Å². The molecule has 0 spiro atoms. The minimum Gasteiger partial charge on any atom is -0.324 e. The van der Waals surface area contributed by atoms with Gasteiger partial charge in [-0.05, 0) is 25.0 Å². The molecule has 5 nitrogen and oxygen atoms in total. The smallest absolute Gasteiger partial charge is 0.243 e. The molecule has 1 aromatic carbocycles. The number of halogens is 2. The van der Waals surface area contributed by atoms with E-state index in [1.165, 1.54) is 6.07 Å². The zero-order valence-electron chi connectivity index (χ0n) is 11.5. The Kier molecular flexibility index (Phi) is 7.31. The minimum absolute atomic E-state index is 0.0407. The molecule has 0 aliphatic heterocycles. The highest BCUT2D eigenvalue weighted by atomic mass is 19.1. The number of hydroxylamine groups is 1. The molecule has 0 aliphatic rings. The van der Waals surface area contributed by atoms with E-state index in [1.807, 2.05) is 0 Å². The van der Waals surface area contributed by atoms with Crippen molar-refractivity contribution in [2.45, 2.75) is 38.5 Å². The summed E-state index contributed by atoms with van der Waals surface area (Å²) < 4.78 is 26.0. The molecule has 1 rings (SSSR count). The molecule has 0 atom stereocenters. The van der Waals surface area contributed by atoms with Crippen molar-refractivity contribution >= 4 is 17.5 Å². The van der Waals surface area contributed by atoms with Crippen molar-refractivity contribution in [1.29, 1.82) is 0 Å². The van der Waals surface area contributed by atoms with Crippen molar-refractivity contribution < 1.29 is 23.6 Å². The van der Waals surface area contributed by atoms with E-state index in [0.29, 0.717) is 18.9 Å². The Hall–Kier alpha value is -2.02. The van der Waals surface area contributed by atoms with Gasteiger partial charge in [0.05, 0.1) is 5.69 Å². The molecular weight excluding hydrogens is 282 g/mol. The number of hydrogen-bond donors (Lipinski definition) is 3.